The van der Waals surface area contributed by atoms with E-state index in [0.29, 0.717) is 0 Å². The maximum atomic E-state index is 2.27. The van der Waals surface area contributed by atoms with Crippen molar-refractivity contribution in [1.82, 2.24) is 0 Å². The molecule has 0 radical (unpaired) electrons. The van der Waals surface area contributed by atoms with Crippen molar-refractivity contribution in [3.63, 3.8) is 0 Å². The number of hydrogen-bond acceptors (Lipinski definition) is 1. The number of benzene rings is 2. The fraction of sp³-hybridized carbons (Fsp3) is 0.240. The molecule has 0 atom stereocenters. The summed E-state index contributed by atoms with van der Waals surface area (Å²) in [6.07, 6.45) is 6.73. The highest BCUT2D eigenvalue weighted by molar-refractivity contribution is 6.05. The summed E-state index contributed by atoms with van der Waals surface area (Å²) < 4.78 is 2.15. The fourth-order valence-electron chi connectivity index (χ4n) is 3.47. The van der Waals surface area contributed by atoms with Crippen molar-refractivity contribution in [2.45, 2.75) is 13.8 Å². The molecule has 0 saturated heterocycles. The van der Waals surface area contributed by atoms with Crippen LogP contribution in [0.2, 0.25) is 0 Å². The Morgan fingerprint density at radius 1 is 0.889 bits per heavy atom. The predicted molar refractivity (Wildman–Crippen MR) is 118 cm³/mol. The quantitative estimate of drug-likeness (QED) is 0.693. The first-order chi connectivity index (χ1) is 12.9. The van der Waals surface area contributed by atoms with Gasteiger partial charge in [0.15, 0.2) is 5.71 Å². The molecule has 0 N–H and O–H groups in total. The van der Waals surface area contributed by atoms with Gasteiger partial charge < -0.3 is 4.90 Å². The van der Waals surface area contributed by atoms with Gasteiger partial charge in [0.1, 0.15) is 14.1 Å². The Morgan fingerprint density at radius 2 is 1.59 bits per heavy atom. The average Bonchev–Trinajstić information content (AvgIpc) is 2.65. The monoisotopic (exact) mass is 357 g/mol. The van der Waals surface area contributed by atoms with Gasteiger partial charge in [0.05, 0.1) is 0 Å². The Bertz CT molecular complexity index is 967. The molecule has 0 bridgehead atoms. The van der Waals surface area contributed by atoms with Gasteiger partial charge in [-0.15, -0.1) is 0 Å². The number of hydrogen-bond donors (Lipinski definition) is 0. The largest absolute Gasteiger partial charge is 0.378 e. The molecule has 0 saturated carbocycles. The molecule has 0 amide bonds. The van der Waals surface area contributed by atoms with Crippen LogP contribution in [0.1, 0.15) is 23.6 Å². The Hall–Kier alpha value is -2.87. The first-order valence-electron chi connectivity index (χ1n) is 9.37. The van der Waals surface area contributed by atoms with Crippen LogP contribution in [0.5, 0.6) is 0 Å². The molecule has 2 nitrogen and oxygen atoms in total. The Kier molecular flexibility index (Phi) is 5.46. The zero-order chi connectivity index (χ0) is 19.6. The Balaban J connectivity index is 2.25. The molecule has 0 unspecified atom stereocenters. The second-order valence-corrected chi connectivity index (χ2v) is 7.53. The average molecular weight is 358 g/mol. The molecule has 2 heteroatoms. The highest BCUT2D eigenvalue weighted by Crippen LogP contribution is 2.35. The third kappa shape index (κ3) is 3.95. The van der Waals surface area contributed by atoms with Crippen LogP contribution in [0.3, 0.4) is 0 Å². The fourth-order valence-corrected chi connectivity index (χ4v) is 3.47. The van der Waals surface area contributed by atoms with E-state index >= 15 is 0 Å². The molecule has 2 aromatic rings. The lowest BCUT2D eigenvalue weighted by molar-refractivity contribution is -0.462. The Morgan fingerprint density at radius 3 is 2.15 bits per heavy atom. The minimum Gasteiger partial charge on any atom is -0.378 e. The summed E-state index contributed by atoms with van der Waals surface area (Å²) in [7, 11) is 8.33. The van der Waals surface area contributed by atoms with Gasteiger partial charge >= 0.3 is 0 Å². The minimum absolute atomic E-state index is 1.23. The van der Waals surface area contributed by atoms with Crippen LogP contribution in [-0.2, 0) is 0 Å². The van der Waals surface area contributed by atoms with Crippen LogP contribution in [0, 0.1) is 6.92 Å². The number of nitrogens with zero attached hydrogens (tertiary/aromatic N) is 2. The summed E-state index contributed by atoms with van der Waals surface area (Å²) in [6, 6.07) is 17.4. The third-order valence-corrected chi connectivity index (χ3v) is 5.05. The van der Waals surface area contributed by atoms with Crippen LogP contribution < -0.4 is 4.90 Å². The summed E-state index contributed by atoms with van der Waals surface area (Å²) in [4.78, 5) is 2.15. The molecule has 0 spiro atoms. The van der Waals surface area contributed by atoms with E-state index in [2.05, 4.69) is 118 Å². The SMILES string of the molecule is CC1=CC(=[N+](C)C)C=C/C1=C(/c1ccccc1)c1ccc(N(C)C)cc1C. The molecule has 138 valence electrons. The molecule has 0 heterocycles. The van der Waals surface area contributed by atoms with Crippen molar-refractivity contribution >= 4 is 17.0 Å². The second kappa shape index (κ2) is 7.79. The van der Waals surface area contributed by atoms with Crippen molar-refractivity contribution < 1.29 is 4.58 Å². The van der Waals surface area contributed by atoms with Crippen LogP contribution >= 0.6 is 0 Å². The van der Waals surface area contributed by atoms with E-state index in [0.717, 1.165) is 0 Å². The van der Waals surface area contributed by atoms with E-state index in [-0.39, 0.29) is 0 Å². The summed E-state index contributed by atoms with van der Waals surface area (Å²) in [5.74, 6) is 0. The van der Waals surface area contributed by atoms with Crippen molar-refractivity contribution in [3.05, 3.63) is 94.6 Å². The standard InChI is InChI=1S/C25H29N2/c1-18-16-21(26(3)4)12-14-23(18)25(20-10-8-7-9-11-20)24-15-13-22(27(5)6)17-19(24)2/h7-17H,1-6H3/q+1. The van der Waals surface area contributed by atoms with E-state index < -0.39 is 0 Å². The number of rotatable bonds is 3. The highest BCUT2D eigenvalue weighted by atomic mass is 15.1. The zero-order valence-electron chi connectivity index (χ0n) is 17.2. The van der Waals surface area contributed by atoms with E-state index in [1.807, 2.05) is 0 Å². The second-order valence-electron chi connectivity index (χ2n) is 7.53. The molecule has 1 aliphatic carbocycles. The van der Waals surface area contributed by atoms with Crippen LogP contribution in [0.4, 0.5) is 5.69 Å². The van der Waals surface area contributed by atoms with Crippen molar-refractivity contribution in [1.29, 1.82) is 0 Å². The molecular weight excluding hydrogens is 328 g/mol. The van der Waals surface area contributed by atoms with Crippen LogP contribution in [-0.4, -0.2) is 38.5 Å². The van der Waals surface area contributed by atoms with Gasteiger partial charge in [0.25, 0.3) is 0 Å². The summed E-state index contributed by atoms with van der Waals surface area (Å²) >= 11 is 0. The first-order valence-corrected chi connectivity index (χ1v) is 9.37. The predicted octanol–water partition coefficient (Wildman–Crippen LogP) is 5.09. The summed E-state index contributed by atoms with van der Waals surface area (Å²) in [5, 5.41) is 0. The van der Waals surface area contributed by atoms with E-state index in [9.17, 15) is 0 Å². The van der Waals surface area contributed by atoms with Gasteiger partial charge in [-0.1, -0.05) is 36.4 Å². The smallest absolute Gasteiger partial charge is 0.199 e. The topological polar surface area (TPSA) is 6.25 Å². The van der Waals surface area contributed by atoms with E-state index in [4.69, 9.17) is 0 Å². The third-order valence-electron chi connectivity index (χ3n) is 5.05. The maximum absolute atomic E-state index is 2.27. The van der Waals surface area contributed by atoms with Gasteiger partial charge in [-0.05, 0) is 65.5 Å². The summed E-state index contributed by atoms with van der Waals surface area (Å²) in [6.45, 7) is 4.41. The van der Waals surface area contributed by atoms with Crippen molar-refractivity contribution in [2.24, 2.45) is 0 Å². The highest BCUT2D eigenvalue weighted by Gasteiger charge is 2.18. The first kappa shape index (κ1) is 18.9. The maximum Gasteiger partial charge on any atom is 0.199 e. The van der Waals surface area contributed by atoms with E-state index in [1.165, 1.54) is 44.8 Å². The molecule has 27 heavy (non-hydrogen) atoms. The van der Waals surface area contributed by atoms with Crippen molar-refractivity contribution in [2.75, 3.05) is 33.1 Å². The van der Waals surface area contributed by atoms with E-state index in [1.54, 1.807) is 0 Å². The van der Waals surface area contributed by atoms with Gasteiger partial charge in [-0.2, -0.15) is 0 Å². The lowest BCUT2D eigenvalue weighted by atomic mass is 9.85. The Labute approximate surface area is 163 Å². The number of anilines is 1. The lowest BCUT2D eigenvalue weighted by Gasteiger charge is -2.20. The van der Waals surface area contributed by atoms with Crippen molar-refractivity contribution in [3.8, 4) is 0 Å². The van der Waals surface area contributed by atoms with Gasteiger partial charge in [-0.25, -0.2) is 4.58 Å². The minimum atomic E-state index is 1.23. The molecule has 0 aromatic heterocycles. The molecular formula is C25H29N2+. The lowest BCUT2D eigenvalue weighted by Crippen LogP contribution is -2.12. The molecule has 1 aliphatic rings. The summed E-state index contributed by atoms with van der Waals surface area (Å²) in [5.41, 5.74) is 10.1. The molecule has 2 aromatic carbocycles. The van der Waals surface area contributed by atoms with Gasteiger partial charge in [0, 0.05) is 31.9 Å². The van der Waals surface area contributed by atoms with Crippen LogP contribution in [0.15, 0.2) is 77.9 Å². The molecule has 0 fully saturated rings. The zero-order valence-corrected chi connectivity index (χ0v) is 17.2. The molecule has 0 aliphatic heterocycles. The number of aryl methyl sites for hydroxylation is 1. The van der Waals surface area contributed by atoms with Gasteiger partial charge in [0.2, 0.25) is 0 Å². The van der Waals surface area contributed by atoms with Crippen LogP contribution in [0.25, 0.3) is 5.57 Å². The van der Waals surface area contributed by atoms with Gasteiger partial charge in [-0.3, -0.25) is 0 Å². The molecule has 3 rings (SSSR count). The normalized spacial score (nSPS) is 15.5. The number of allylic oxidation sites excluding steroid dienone is 5.